The molecule has 0 unspecified atom stereocenters. The molecule has 0 fully saturated rings. The molecular weight excluding hydrogens is 386 g/mol. The molecule has 2 aromatic carbocycles. The van der Waals surface area contributed by atoms with E-state index in [1.807, 2.05) is 0 Å². The van der Waals surface area contributed by atoms with Crippen molar-refractivity contribution in [3.05, 3.63) is 79.4 Å². The first-order valence-corrected chi connectivity index (χ1v) is 9.23. The monoisotopic (exact) mass is 398 g/mol. The van der Waals surface area contributed by atoms with Crippen LogP contribution in [-0.2, 0) is 11.5 Å². The Balaban J connectivity index is 1.66. The number of carbonyl (C=O) groups is 1. The summed E-state index contributed by atoms with van der Waals surface area (Å²) in [4.78, 5) is 32.1. The van der Waals surface area contributed by atoms with Crippen LogP contribution in [0.25, 0.3) is 5.57 Å². The molecule has 6 nitrogen and oxygen atoms in total. The minimum absolute atomic E-state index is 0.152. The summed E-state index contributed by atoms with van der Waals surface area (Å²) >= 11 is 1.10. The van der Waals surface area contributed by atoms with E-state index in [2.05, 4.69) is 10.3 Å². The zero-order chi connectivity index (χ0) is 19.4. The van der Waals surface area contributed by atoms with Crippen LogP contribution in [0, 0.1) is 11.6 Å². The highest BCUT2D eigenvalue weighted by atomic mass is 32.1. The number of rotatable bonds is 1. The number of carbonyl (C=O) groups excluding carboxylic acids is 1. The molecule has 0 spiro atoms. The summed E-state index contributed by atoms with van der Waals surface area (Å²) in [6, 6.07) is 10.00. The van der Waals surface area contributed by atoms with E-state index >= 15 is 0 Å². The van der Waals surface area contributed by atoms with E-state index in [-0.39, 0.29) is 34.8 Å². The second kappa shape index (κ2) is 6.10. The van der Waals surface area contributed by atoms with Crippen molar-refractivity contribution in [2.45, 2.75) is 6.67 Å². The summed E-state index contributed by atoms with van der Waals surface area (Å²) < 4.78 is 28.9. The largest absolute Gasteiger partial charge is 0.333 e. The van der Waals surface area contributed by atoms with Crippen molar-refractivity contribution in [2.75, 3.05) is 16.9 Å². The highest BCUT2D eigenvalue weighted by Crippen LogP contribution is 2.30. The average molecular weight is 398 g/mol. The molecular formula is C19H12F2N4O2S. The highest BCUT2D eigenvalue weighted by molar-refractivity contribution is 7.07. The third-order valence-corrected chi connectivity index (χ3v) is 5.79. The van der Waals surface area contributed by atoms with Gasteiger partial charge in [0.1, 0.15) is 29.5 Å². The molecule has 1 aromatic heterocycles. The normalized spacial score (nSPS) is 17.1. The second-order valence-electron chi connectivity index (χ2n) is 6.43. The number of hydrogen-bond donors (Lipinski definition) is 1. The van der Waals surface area contributed by atoms with Crippen LogP contribution in [0.15, 0.2) is 52.3 Å². The lowest BCUT2D eigenvalue weighted by atomic mass is 10.1. The van der Waals surface area contributed by atoms with E-state index in [1.54, 1.807) is 17.0 Å². The number of nitrogens with zero attached hydrogens (tertiary/aromatic N) is 3. The Kier molecular flexibility index (Phi) is 3.66. The fourth-order valence-electron chi connectivity index (χ4n) is 3.36. The third kappa shape index (κ3) is 2.55. The molecule has 9 heteroatoms. The van der Waals surface area contributed by atoms with E-state index in [4.69, 9.17) is 0 Å². The molecule has 2 aliphatic heterocycles. The third-order valence-electron chi connectivity index (χ3n) is 4.68. The van der Waals surface area contributed by atoms with Crippen molar-refractivity contribution in [2.24, 2.45) is 4.99 Å². The maximum absolute atomic E-state index is 13.7. The molecule has 1 amide bonds. The lowest BCUT2D eigenvalue weighted by Gasteiger charge is -2.25. The van der Waals surface area contributed by atoms with Crippen LogP contribution >= 0.6 is 11.3 Å². The molecule has 0 atom stereocenters. The lowest BCUT2D eigenvalue weighted by molar-refractivity contribution is -0.110. The molecule has 3 aromatic rings. The van der Waals surface area contributed by atoms with Gasteiger partial charge in [-0.2, -0.15) is 0 Å². The SMILES string of the molecule is O=C1Nc2ccc(F)cc2C1=c1sc2n(c1=O)CN(c1cccc(F)c1)CN=2. The van der Waals surface area contributed by atoms with Crippen LogP contribution in [0.2, 0.25) is 0 Å². The number of amides is 1. The Morgan fingerprint density at radius 1 is 1.07 bits per heavy atom. The van der Waals surface area contributed by atoms with Gasteiger partial charge in [-0.15, -0.1) is 0 Å². The number of thiazole rings is 1. The number of aromatic nitrogens is 1. The molecule has 28 heavy (non-hydrogen) atoms. The predicted molar refractivity (Wildman–Crippen MR) is 101 cm³/mol. The van der Waals surface area contributed by atoms with Crippen molar-refractivity contribution >= 4 is 34.2 Å². The first-order valence-electron chi connectivity index (χ1n) is 8.41. The Labute approximate surface area is 160 Å². The molecule has 3 heterocycles. The number of anilines is 2. The van der Waals surface area contributed by atoms with Gasteiger partial charge in [0.15, 0.2) is 4.80 Å². The predicted octanol–water partition coefficient (Wildman–Crippen LogP) is 1.39. The van der Waals surface area contributed by atoms with Crippen molar-refractivity contribution < 1.29 is 13.6 Å². The van der Waals surface area contributed by atoms with Gasteiger partial charge in [-0.25, -0.2) is 13.8 Å². The quantitative estimate of drug-likeness (QED) is 0.674. The number of hydrogen-bond acceptors (Lipinski definition) is 5. The van der Waals surface area contributed by atoms with E-state index < -0.39 is 11.7 Å². The minimum atomic E-state index is -0.490. The van der Waals surface area contributed by atoms with Crippen LogP contribution in [0.4, 0.5) is 20.2 Å². The Bertz CT molecular complexity index is 1330. The van der Waals surface area contributed by atoms with Gasteiger partial charge in [0.05, 0.1) is 5.57 Å². The molecule has 5 rings (SSSR count). The van der Waals surface area contributed by atoms with Crippen molar-refractivity contribution in [1.29, 1.82) is 0 Å². The molecule has 2 aliphatic rings. The summed E-state index contributed by atoms with van der Waals surface area (Å²) in [5, 5.41) is 2.65. The van der Waals surface area contributed by atoms with Crippen LogP contribution in [0.3, 0.4) is 0 Å². The van der Waals surface area contributed by atoms with Gasteiger partial charge < -0.3 is 10.2 Å². The molecule has 0 saturated carbocycles. The van der Waals surface area contributed by atoms with Crippen LogP contribution in [-0.4, -0.2) is 17.1 Å². The van der Waals surface area contributed by atoms with Crippen LogP contribution < -0.4 is 25.1 Å². The standard InChI is InChI=1S/C19H12F2N4O2S/c20-10-2-1-3-12(6-10)24-8-22-19-25(9-24)18(27)16(28-19)15-13-7-11(21)4-5-14(13)23-17(15)26/h1-7H,8-9H2,(H,23,26). The van der Waals surface area contributed by atoms with Gasteiger partial charge in [0.2, 0.25) is 0 Å². The Morgan fingerprint density at radius 2 is 1.89 bits per heavy atom. The van der Waals surface area contributed by atoms with Crippen molar-refractivity contribution in [3.8, 4) is 0 Å². The van der Waals surface area contributed by atoms with Gasteiger partial charge in [-0.3, -0.25) is 14.2 Å². The first-order chi connectivity index (χ1) is 13.5. The van der Waals surface area contributed by atoms with Crippen molar-refractivity contribution in [3.63, 3.8) is 0 Å². The van der Waals surface area contributed by atoms with Gasteiger partial charge >= 0.3 is 0 Å². The van der Waals surface area contributed by atoms with Gasteiger partial charge in [0.25, 0.3) is 11.5 Å². The maximum atomic E-state index is 13.7. The molecule has 0 radical (unpaired) electrons. The van der Waals surface area contributed by atoms with Crippen LogP contribution in [0.1, 0.15) is 5.56 Å². The summed E-state index contributed by atoms with van der Waals surface area (Å²) in [6.07, 6.45) is 0. The molecule has 0 aliphatic carbocycles. The molecule has 0 bridgehead atoms. The molecule has 0 saturated heterocycles. The van der Waals surface area contributed by atoms with E-state index in [0.717, 1.165) is 11.3 Å². The molecule has 1 N–H and O–H groups in total. The number of benzene rings is 2. The number of fused-ring (bicyclic) bond motifs is 2. The zero-order valence-corrected chi connectivity index (χ0v) is 15.1. The van der Waals surface area contributed by atoms with E-state index in [1.165, 1.54) is 34.9 Å². The minimum Gasteiger partial charge on any atom is -0.333 e. The molecule has 140 valence electrons. The zero-order valence-electron chi connectivity index (χ0n) is 14.3. The Morgan fingerprint density at radius 3 is 2.71 bits per heavy atom. The van der Waals surface area contributed by atoms with E-state index in [0.29, 0.717) is 21.7 Å². The highest BCUT2D eigenvalue weighted by Gasteiger charge is 2.28. The summed E-state index contributed by atoms with van der Waals surface area (Å²) in [7, 11) is 0. The lowest BCUT2D eigenvalue weighted by Crippen LogP contribution is -2.43. The smallest absolute Gasteiger partial charge is 0.272 e. The fourth-order valence-corrected chi connectivity index (χ4v) is 4.42. The fraction of sp³-hybridized carbons (Fsp3) is 0.105. The second-order valence-corrected chi connectivity index (χ2v) is 7.40. The van der Waals surface area contributed by atoms with Gasteiger partial charge in [0, 0.05) is 16.9 Å². The maximum Gasteiger partial charge on any atom is 0.272 e. The van der Waals surface area contributed by atoms with E-state index in [9.17, 15) is 18.4 Å². The van der Waals surface area contributed by atoms with Crippen molar-refractivity contribution in [1.82, 2.24) is 4.57 Å². The summed E-state index contributed by atoms with van der Waals surface area (Å²) in [6.45, 7) is 0.443. The summed E-state index contributed by atoms with van der Waals surface area (Å²) in [5.74, 6) is -1.31. The topological polar surface area (TPSA) is 66.7 Å². The van der Waals surface area contributed by atoms with Gasteiger partial charge in [-0.1, -0.05) is 17.4 Å². The Hall–Kier alpha value is -3.33. The first kappa shape index (κ1) is 16.8. The number of nitrogens with one attached hydrogen (secondary N) is 1. The average Bonchev–Trinajstić information content (AvgIpc) is 3.17. The van der Waals surface area contributed by atoms with Crippen LogP contribution in [0.5, 0.6) is 0 Å². The van der Waals surface area contributed by atoms with Gasteiger partial charge in [-0.05, 0) is 36.4 Å². The number of halogens is 2. The summed E-state index contributed by atoms with van der Waals surface area (Å²) in [5.41, 5.74) is 1.21.